The third-order valence-electron chi connectivity index (χ3n) is 3.26. The Bertz CT molecular complexity index is 508. The van der Waals surface area contributed by atoms with Crippen molar-refractivity contribution < 1.29 is 8.42 Å². The molecule has 1 aliphatic carbocycles. The SMILES string of the molecule is CC(C)CS(=O)(=O)C1Cc2ccccc2C1N. The number of fused-ring (bicyclic) bond motifs is 1. The van der Waals surface area contributed by atoms with Crippen molar-refractivity contribution in [3.63, 3.8) is 0 Å². The number of hydrogen-bond acceptors (Lipinski definition) is 3. The Morgan fingerprint density at radius 2 is 2.00 bits per heavy atom. The predicted octanol–water partition coefficient (Wildman–Crippen LogP) is 1.68. The van der Waals surface area contributed by atoms with Gasteiger partial charge in [0.25, 0.3) is 0 Å². The smallest absolute Gasteiger partial charge is 0.155 e. The van der Waals surface area contributed by atoms with Crippen LogP contribution in [0.1, 0.15) is 31.0 Å². The second-order valence-corrected chi connectivity index (χ2v) is 7.46. The first-order valence-corrected chi connectivity index (χ1v) is 7.68. The first-order chi connectivity index (χ1) is 7.92. The van der Waals surface area contributed by atoms with Gasteiger partial charge in [0.15, 0.2) is 9.84 Å². The van der Waals surface area contributed by atoms with Gasteiger partial charge in [0, 0.05) is 6.04 Å². The van der Waals surface area contributed by atoms with Crippen LogP contribution in [-0.4, -0.2) is 19.4 Å². The molecule has 0 amide bonds. The first-order valence-electron chi connectivity index (χ1n) is 5.97. The molecule has 94 valence electrons. The zero-order chi connectivity index (χ0) is 12.6. The molecule has 0 spiro atoms. The standard InChI is InChI=1S/C13H19NO2S/c1-9(2)8-17(15,16)12-7-10-5-3-4-6-11(10)13(12)14/h3-6,9,12-13H,7-8,14H2,1-2H3. The fourth-order valence-electron chi connectivity index (χ4n) is 2.53. The highest BCUT2D eigenvalue weighted by molar-refractivity contribution is 7.92. The van der Waals surface area contributed by atoms with E-state index in [2.05, 4.69) is 0 Å². The summed E-state index contributed by atoms with van der Waals surface area (Å²) in [6.07, 6.45) is 0.562. The van der Waals surface area contributed by atoms with Crippen LogP contribution in [0.5, 0.6) is 0 Å². The quantitative estimate of drug-likeness (QED) is 0.891. The van der Waals surface area contributed by atoms with E-state index in [0.717, 1.165) is 11.1 Å². The lowest BCUT2D eigenvalue weighted by Crippen LogP contribution is -2.33. The molecule has 4 heteroatoms. The summed E-state index contributed by atoms with van der Waals surface area (Å²) < 4.78 is 24.5. The van der Waals surface area contributed by atoms with Gasteiger partial charge in [0.2, 0.25) is 0 Å². The van der Waals surface area contributed by atoms with E-state index < -0.39 is 15.1 Å². The molecule has 0 radical (unpaired) electrons. The highest BCUT2D eigenvalue weighted by atomic mass is 32.2. The van der Waals surface area contributed by atoms with Gasteiger partial charge in [0.1, 0.15) is 0 Å². The second kappa shape index (κ2) is 4.42. The van der Waals surface area contributed by atoms with Gasteiger partial charge in [-0.1, -0.05) is 38.1 Å². The van der Waals surface area contributed by atoms with Crippen molar-refractivity contribution in [1.82, 2.24) is 0 Å². The molecule has 0 aliphatic heterocycles. The Morgan fingerprint density at radius 3 is 2.59 bits per heavy atom. The lowest BCUT2D eigenvalue weighted by atomic mass is 10.1. The molecular formula is C13H19NO2S. The lowest BCUT2D eigenvalue weighted by Gasteiger charge is -2.18. The third-order valence-corrected chi connectivity index (χ3v) is 5.78. The van der Waals surface area contributed by atoms with Crippen LogP contribution in [-0.2, 0) is 16.3 Å². The summed E-state index contributed by atoms with van der Waals surface area (Å²) in [4.78, 5) is 0. The maximum absolute atomic E-state index is 12.2. The van der Waals surface area contributed by atoms with Crippen LogP contribution >= 0.6 is 0 Å². The predicted molar refractivity (Wildman–Crippen MR) is 69.5 cm³/mol. The van der Waals surface area contributed by atoms with Crippen molar-refractivity contribution in [3.05, 3.63) is 35.4 Å². The van der Waals surface area contributed by atoms with Gasteiger partial charge in [-0.3, -0.25) is 0 Å². The summed E-state index contributed by atoms with van der Waals surface area (Å²) in [5.41, 5.74) is 8.14. The van der Waals surface area contributed by atoms with Crippen molar-refractivity contribution in [3.8, 4) is 0 Å². The number of nitrogens with two attached hydrogens (primary N) is 1. The van der Waals surface area contributed by atoms with Crippen LogP contribution in [0.3, 0.4) is 0 Å². The summed E-state index contributed by atoms with van der Waals surface area (Å²) >= 11 is 0. The van der Waals surface area contributed by atoms with Crippen LogP contribution in [0.2, 0.25) is 0 Å². The molecule has 2 atom stereocenters. The zero-order valence-electron chi connectivity index (χ0n) is 10.3. The molecular weight excluding hydrogens is 234 g/mol. The molecule has 3 nitrogen and oxygen atoms in total. The van der Waals surface area contributed by atoms with Crippen LogP contribution < -0.4 is 5.73 Å². The van der Waals surface area contributed by atoms with E-state index in [1.165, 1.54) is 0 Å². The van der Waals surface area contributed by atoms with Gasteiger partial charge in [-0.2, -0.15) is 0 Å². The maximum Gasteiger partial charge on any atom is 0.155 e. The van der Waals surface area contributed by atoms with E-state index in [-0.39, 0.29) is 17.7 Å². The molecule has 0 saturated carbocycles. The van der Waals surface area contributed by atoms with Crippen molar-refractivity contribution >= 4 is 9.84 Å². The van der Waals surface area contributed by atoms with Crippen molar-refractivity contribution in [2.24, 2.45) is 11.7 Å². The molecule has 2 unspecified atom stereocenters. The minimum atomic E-state index is -3.10. The molecule has 0 heterocycles. The van der Waals surface area contributed by atoms with E-state index >= 15 is 0 Å². The Morgan fingerprint density at radius 1 is 1.35 bits per heavy atom. The number of rotatable bonds is 3. The highest BCUT2D eigenvalue weighted by Crippen LogP contribution is 2.34. The van der Waals surface area contributed by atoms with Crippen molar-refractivity contribution in [2.75, 3.05) is 5.75 Å². The normalized spacial score (nSPS) is 24.0. The lowest BCUT2D eigenvalue weighted by molar-refractivity contribution is 0.553. The van der Waals surface area contributed by atoms with Crippen molar-refractivity contribution in [1.29, 1.82) is 0 Å². The molecule has 2 rings (SSSR count). The fraction of sp³-hybridized carbons (Fsp3) is 0.538. The van der Waals surface area contributed by atoms with Crippen LogP contribution in [0.25, 0.3) is 0 Å². The molecule has 17 heavy (non-hydrogen) atoms. The largest absolute Gasteiger partial charge is 0.323 e. The van der Waals surface area contributed by atoms with Gasteiger partial charge >= 0.3 is 0 Å². The van der Waals surface area contributed by atoms with Gasteiger partial charge in [-0.15, -0.1) is 0 Å². The summed E-state index contributed by atoms with van der Waals surface area (Å²) in [7, 11) is -3.10. The van der Waals surface area contributed by atoms with Gasteiger partial charge in [-0.25, -0.2) is 8.42 Å². The first kappa shape index (κ1) is 12.6. The van der Waals surface area contributed by atoms with Crippen molar-refractivity contribution in [2.45, 2.75) is 31.6 Å². The Balaban J connectivity index is 2.28. The molecule has 1 aromatic carbocycles. The summed E-state index contributed by atoms with van der Waals surface area (Å²) in [6, 6.07) is 7.39. The molecule has 0 saturated heterocycles. The van der Waals surface area contributed by atoms with E-state index in [9.17, 15) is 8.42 Å². The third kappa shape index (κ3) is 2.38. The molecule has 1 aromatic rings. The van der Waals surface area contributed by atoms with Gasteiger partial charge in [-0.05, 0) is 23.5 Å². The van der Waals surface area contributed by atoms with Gasteiger partial charge in [0.05, 0.1) is 11.0 Å². The number of sulfone groups is 1. The summed E-state index contributed by atoms with van der Waals surface area (Å²) in [5.74, 6) is 0.371. The average Bonchev–Trinajstić information content (AvgIpc) is 2.56. The van der Waals surface area contributed by atoms with E-state index in [4.69, 9.17) is 5.73 Å². The minimum Gasteiger partial charge on any atom is -0.323 e. The van der Waals surface area contributed by atoms with E-state index in [1.54, 1.807) is 0 Å². The molecule has 0 bridgehead atoms. The summed E-state index contributed by atoms with van der Waals surface area (Å²) in [5, 5.41) is -0.442. The zero-order valence-corrected chi connectivity index (χ0v) is 11.1. The molecule has 0 aromatic heterocycles. The monoisotopic (exact) mass is 253 g/mol. The average molecular weight is 253 g/mol. The molecule has 1 aliphatic rings. The van der Waals surface area contributed by atoms with Gasteiger partial charge < -0.3 is 5.73 Å². The topological polar surface area (TPSA) is 60.2 Å². The minimum absolute atomic E-state index is 0.149. The highest BCUT2D eigenvalue weighted by Gasteiger charge is 2.38. The number of benzene rings is 1. The fourth-order valence-corrected chi connectivity index (χ4v) is 4.73. The Hall–Kier alpha value is -0.870. The molecule has 2 N–H and O–H groups in total. The van der Waals surface area contributed by atoms with E-state index in [1.807, 2.05) is 38.1 Å². The molecule has 0 fully saturated rings. The Labute approximate surface area is 103 Å². The van der Waals surface area contributed by atoms with Crippen LogP contribution in [0.4, 0.5) is 0 Å². The Kier molecular flexibility index (Phi) is 3.27. The van der Waals surface area contributed by atoms with Crippen LogP contribution in [0, 0.1) is 5.92 Å². The second-order valence-electron chi connectivity index (χ2n) is 5.19. The van der Waals surface area contributed by atoms with E-state index in [0.29, 0.717) is 6.42 Å². The maximum atomic E-state index is 12.2. The number of hydrogen-bond donors (Lipinski definition) is 1. The summed E-state index contributed by atoms with van der Waals surface area (Å²) in [6.45, 7) is 3.84. The van der Waals surface area contributed by atoms with Crippen LogP contribution in [0.15, 0.2) is 24.3 Å².